The molecule has 0 aliphatic heterocycles. The summed E-state index contributed by atoms with van der Waals surface area (Å²) in [6.07, 6.45) is 1.65. The number of non-ortho nitro benzene ring substituents is 1. The fraction of sp³-hybridized carbons (Fsp3) is 0.0588. The molecule has 7 nitrogen and oxygen atoms in total. The van der Waals surface area contributed by atoms with E-state index in [9.17, 15) is 14.9 Å². The number of ether oxygens (including phenoxy) is 1. The lowest BCUT2D eigenvalue weighted by molar-refractivity contribution is -0.384. The zero-order valence-electron chi connectivity index (χ0n) is 12.7. The van der Waals surface area contributed by atoms with Gasteiger partial charge in [-0.3, -0.25) is 19.9 Å². The molecule has 3 rings (SSSR count). The molecule has 0 fully saturated rings. The van der Waals surface area contributed by atoms with Crippen molar-refractivity contribution in [3.8, 4) is 5.75 Å². The number of amides is 1. The minimum Gasteiger partial charge on any atom is -0.494 e. The van der Waals surface area contributed by atoms with Crippen LogP contribution in [0.15, 0.2) is 54.7 Å². The molecule has 3 aromatic rings. The highest BCUT2D eigenvalue weighted by molar-refractivity contribution is 6.09. The summed E-state index contributed by atoms with van der Waals surface area (Å²) in [7, 11) is 1.55. The second-order valence-electron chi connectivity index (χ2n) is 4.97. The summed E-state index contributed by atoms with van der Waals surface area (Å²) in [6.45, 7) is 0. The van der Waals surface area contributed by atoms with E-state index < -0.39 is 4.92 Å². The molecule has 0 spiro atoms. The first kappa shape index (κ1) is 15.4. The summed E-state index contributed by atoms with van der Waals surface area (Å²) >= 11 is 0. The van der Waals surface area contributed by atoms with Gasteiger partial charge in [0.1, 0.15) is 11.3 Å². The summed E-state index contributed by atoms with van der Waals surface area (Å²) in [5.74, 6) is 0.249. The number of methoxy groups -OCH3 is 1. The smallest absolute Gasteiger partial charge is 0.269 e. The van der Waals surface area contributed by atoms with Gasteiger partial charge in [-0.2, -0.15) is 0 Å². The number of benzene rings is 2. The number of fused-ring (bicyclic) bond motifs is 1. The third-order valence-corrected chi connectivity index (χ3v) is 3.54. The molecular weight excluding hydrogens is 310 g/mol. The van der Waals surface area contributed by atoms with Crippen LogP contribution in [0.4, 0.5) is 11.4 Å². The number of rotatable bonds is 4. The first-order valence-electron chi connectivity index (χ1n) is 7.07. The van der Waals surface area contributed by atoms with E-state index in [2.05, 4.69) is 10.3 Å². The molecule has 0 aliphatic rings. The van der Waals surface area contributed by atoms with Crippen molar-refractivity contribution in [1.29, 1.82) is 0 Å². The molecule has 1 heterocycles. The first-order valence-corrected chi connectivity index (χ1v) is 7.07. The van der Waals surface area contributed by atoms with Crippen molar-refractivity contribution in [3.63, 3.8) is 0 Å². The van der Waals surface area contributed by atoms with E-state index in [1.807, 2.05) is 6.07 Å². The molecule has 24 heavy (non-hydrogen) atoms. The molecule has 7 heteroatoms. The van der Waals surface area contributed by atoms with Gasteiger partial charge in [0.2, 0.25) is 0 Å². The van der Waals surface area contributed by atoms with Gasteiger partial charge >= 0.3 is 0 Å². The molecule has 0 saturated carbocycles. The van der Waals surface area contributed by atoms with E-state index in [4.69, 9.17) is 4.74 Å². The maximum atomic E-state index is 12.4. The van der Waals surface area contributed by atoms with Crippen LogP contribution in [0.3, 0.4) is 0 Å². The van der Waals surface area contributed by atoms with Crippen molar-refractivity contribution >= 4 is 28.2 Å². The van der Waals surface area contributed by atoms with Crippen molar-refractivity contribution in [3.05, 3.63) is 70.4 Å². The molecule has 0 unspecified atom stereocenters. The van der Waals surface area contributed by atoms with E-state index in [1.54, 1.807) is 31.5 Å². The fourth-order valence-electron chi connectivity index (χ4n) is 2.35. The summed E-state index contributed by atoms with van der Waals surface area (Å²) in [4.78, 5) is 26.8. The van der Waals surface area contributed by atoms with Crippen LogP contribution < -0.4 is 10.1 Å². The number of nitrogens with zero attached hydrogens (tertiary/aromatic N) is 2. The lowest BCUT2D eigenvalue weighted by atomic mass is 10.1. The highest BCUT2D eigenvalue weighted by Gasteiger charge is 2.13. The lowest BCUT2D eigenvalue weighted by Gasteiger charge is -2.11. The molecule has 120 valence electrons. The summed E-state index contributed by atoms with van der Waals surface area (Å²) in [5.41, 5.74) is 1.49. The molecule has 0 saturated heterocycles. The van der Waals surface area contributed by atoms with E-state index in [0.717, 1.165) is 5.39 Å². The molecule has 2 aromatic carbocycles. The highest BCUT2D eigenvalue weighted by atomic mass is 16.6. The highest BCUT2D eigenvalue weighted by Crippen LogP contribution is 2.30. The Bertz CT molecular complexity index is 923. The molecule has 1 aromatic heterocycles. The van der Waals surface area contributed by atoms with Crippen LogP contribution >= 0.6 is 0 Å². The number of aromatic nitrogens is 1. The molecule has 0 radical (unpaired) electrons. The third-order valence-electron chi connectivity index (χ3n) is 3.54. The summed E-state index contributed by atoms with van der Waals surface area (Å²) < 4.78 is 5.27. The van der Waals surface area contributed by atoms with Crippen molar-refractivity contribution in [2.24, 2.45) is 0 Å². The van der Waals surface area contributed by atoms with Crippen LogP contribution in [-0.2, 0) is 0 Å². The normalized spacial score (nSPS) is 10.4. The van der Waals surface area contributed by atoms with Gasteiger partial charge in [0.15, 0.2) is 0 Å². The van der Waals surface area contributed by atoms with E-state index in [1.165, 1.54) is 24.3 Å². The van der Waals surface area contributed by atoms with Crippen molar-refractivity contribution < 1.29 is 14.5 Å². The second kappa shape index (κ2) is 6.33. The number of hydrogen-bond acceptors (Lipinski definition) is 5. The number of nitrogens with one attached hydrogen (secondary N) is 1. The number of pyridine rings is 1. The van der Waals surface area contributed by atoms with Gasteiger partial charge in [0, 0.05) is 29.3 Å². The number of hydrogen-bond donors (Lipinski definition) is 1. The largest absolute Gasteiger partial charge is 0.494 e. The minimum atomic E-state index is -0.510. The second-order valence-corrected chi connectivity index (χ2v) is 4.97. The van der Waals surface area contributed by atoms with Gasteiger partial charge in [-0.05, 0) is 36.4 Å². The van der Waals surface area contributed by atoms with Gasteiger partial charge in [0.05, 0.1) is 17.7 Å². The number of nitro benzene ring substituents is 1. The quantitative estimate of drug-likeness (QED) is 0.586. The monoisotopic (exact) mass is 323 g/mol. The Morgan fingerprint density at radius 3 is 2.58 bits per heavy atom. The van der Waals surface area contributed by atoms with Crippen LogP contribution in [0.25, 0.3) is 10.9 Å². The van der Waals surface area contributed by atoms with E-state index in [-0.39, 0.29) is 11.6 Å². The lowest BCUT2D eigenvalue weighted by Crippen LogP contribution is -2.12. The van der Waals surface area contributed by atoms with Crippen LogP contribution in [0.2, 0.25) is 0 Å². The van der Waals surface area contributed by atoms with Crippen LogP contribution in [0, 0.1) is 10.1 Å². The Labute approximate surface area is 137 Å². The number of anilines is 1. The van der Waals surface area contributed by atoms with Crippen LogP contribution in [0.1, 0.15) is 10.4 Å². The molecule has 0 aliphatic carbocycles. The summed E-state index contributed by atoms with van der Waals surface area (Å²) in [6, 6.07) is 12.5. The average Bonchev–Trinajstić information content (AvgIpc) is 2.62. The van der Waals surface area contributed by atoms with Gasteiger partial charge in [0.25, 0.3) is 11.6 Å². The zero-order chi connectivity index (χ0) is 17.1. The Morgan fingerprint density at radius 1 is 1.17 bits per heavy atom. The standard InChI is InChI=1S/C17H13N3O4/c1-24-15-9-8-14(13-3-2-10-18-16(13)15)19-17(21)11-4-6-12(7-5-11)20(22)23/h2-10H,1H3,(H,19,21). The Kier molecular flexibility index (Phi) is 4.07. The number of nitro groups is 1. The zero-order valence-corrected chi connectivity index (χ0v) is 12.7. The molecule has 0 atom stereocenters. The fourth-order valence-corrected chi connectivity index (χ4v) is 2.35. The molecule has 1 N–H and O–H groups in total. The molecular formula is C17H13N3O4. The van der Waals surface area contributed by atoms with Crippen molar-refractivity contribution in [2.75, 3.05) is 12.4 Å². The molecule has 0 bridgehead atoms. The van der Waals surface area contributed by atoms with Crippen LogP contribution in [-0.4, -0.2) is 22.9 Å². The van der Waals surface area contributed by atoms with Gasteiger partial charge in [-0.25, -0.2) is 0 Å². The SMILES string of the molecule is COc1ccc(NC(=O)c2ccc([N+](=O)[O-])cc2)c2cccnc12. The van der Waals surface area contributed by atoms with Crippen molar-refractivity contribution in [2.45, 2.75) is 0 Å². The predicted molar refractivity (Wildman–Crippen MR) is 89.3 cm³/mol. The Morgan fingerprint density at radius 2 is 1.92 bits per heavy atom. The van der Waals surface area contributed by atoms with E-state index in [0.29, 0.717) is 22.5 Å². The van der Waals surface area contributed by atoms with Gasteiger partial charge in [-0.1, -0.05) is 0 Å². The minimum absolute atomic E-state index is 0.0642. The Balaban J connectivity index is 1.92. The van der Waals surface area contributed by atoms with Gasteiger partial charge < -0.3 is 10.1 Å². The maximum absolute atomic E-state index is 12.4. The van der Waals surface area contributed by atoms with Gasteiger partial charge in [-0.15, -0.1) is 0 Å². The predicted octanol–water partition coefficient (Wildman–Crippen LogP) is 3.40. The number of carbonyl (C=O) groups excluding carboxylic acids is 1. The number of carbonyl (C=O) groups is 1. The third kappa shape index (κ3) is 2.87. The van der Waals surface area contributed by atoms with Crippen LogP contribution in [0.5, 0.6) is 5.75 Å². The molecule has 1 amide bonds. The first-order chi connectivity index (χ1) is 11.6. The maximum Gasteiger partial charge on any atom is 0.269 e. The van der Waals surface area contributed by atoms with E-state index >= 15 is 0 Å². The summed E-state index contributed by atoms with van der Waals surface area (Å²) in [5, 5.41) is 14.2. The Hall–Kier alpha value is -3.48. The average molecular weight is 323 g/mol. The van der Waals surface area contributed by atoms with Crippen molar-refractivity contribution in [1.82, 2.24) is 4.98 Å². The topological polar surface area (TPSA) is 94.4 Å².